The van der Waals surface area contributed by atoms with Crippen LogP contribution in [0.2, 0.25) is 0 Å². The molecule has 2 aliphatic carbocycles. The monoisotopic (exact) mass is 1180 g/mol. The van der Waals surface area contributed by atoms with Crippen LogP contribution in [0.4, 0.5) is 0 Å². The molecule has 5 heteroatoms. The van der Waals surface area contributed by atoms with Crippen LogP contribution in [0.3, 0.4) is 0 Å². The first kappa shape index (κ1) is 61.8. The molecule has 0 bridgehead atoms. The second-order valence-corrected chi connectivity index (χ2v) is 26.5. The summed E-state index contributed by atoms with van der Waals surface area (Å²) in [6.45, 7) is 22.1. The Bertz CT molecular complexity index is 3770. The Morgan fingerprint density at radius 3 is 1.19 bits per heavy atom. The van der Waals surface area contributed by atoms with Crippen molar-refractivity contribution in [3.63, 3.8) is 0 Å². The Morgan fingerprint density at radius 1 is 0.400 bits per heavy atom. The molecular weight excluding hydrogens is 1100 g/mol. The van der Waals surface area contributed by atoms with Crippen molar-refractivity contribution >= 4 is 13.3 Å². The van der Waals surface area contributed by atoms with Gasteiger partial charge in [0.15, 0.2) is 0 Å². The van der Waals surface area contributed by atoms with Crippen molar-refractivity contribution in [2.45, 2.75) is 117 Å². The van der Waals surface area contributed by atoms with Crippen LogP contribution in [0, 0.1) is 30.6 Å². The van der Waals surface area contributed by atoms with Gasteiger partial charge in [0.2, 0.25) is 0 Å². The molecule has 0 heterocycles. The summed E-state index contributed by atoms with van der Waals surface area (Å²) < 4.78 is 19.4. The molecule has 90 heavy (non-hydrogen) atoms. The molecule has 0 fully saturated rings. The average Bonchev–Trinajstić information content (AvgIpc) is 1.51. The maximum Gasteiger partial charge on any atom is 0.141 e. The first-order valence-electron chi connectivity index (χ1n) is 33.4. The van der Waals surface area contributed by atoms with Crippen molar-refractivity contribution < 1.29 is 19.3 Å². The van der Waals surface area contributed by atoms with E-state index in [0.717, 1.165) is 127 Å². The molecule has 6 unspecified atom stereocenters. The molecule has 0 radical (unpaired) electrons. The number of aryl methyl sites for hydroxylation is 2. The van der Waals surface area contributed by atoms with Gasteiger partial charge in [-0.15, -0.1) is 0 Å². The summed E-state index contributed by atoms with van der Waals surface area (Å²) in [4.78, 5) is 0. The van der Waals surface area contributed by atoms with Gasteiger partial charge in [0.25, 0.3) is 0 Å². The Hall–Kier alpha value is -8.38. The van der Waals surface area contributed by atoms with Gasteiger partial charge in [-0.3, -0.25) is 0 Å². The number of fused-ring (bicyclic) bond motifs is 6. The lowest BCUT2D eigenvalue weighted by atomic mass is 9.65. The molecule has 0 saturated heterocycles. The summed E-state index contributed by atoms with van der Waals surface area (Å²) in [6, 6.07) is 83.0. The molecule has 12 rings (SSSR count). The van der Waals surface area contributed by atoms with Crippen LogP contribution < -0.4 is 19.7 Å². The van der Waals surface area contributed by atoms with E-state index in [9.17, 15) is 0 Å². The van der Waals surface area contributed by atoms with E-state index in [0.29, 0.717) is 43.5 Å². The SMILES string of the molecule is Bc1ccc(-c2ccc(C)cc2)c(C(O)(c2ccc3c(c2)C(c2ccc(CCC(C)CC)cc2)(c2ccc(OCC(C)CC)cc2)c2ccccc2-3)c2ccc3c(c2)C(c2ccc(OCC(C)CC)cc2)(c2ccc(OCC(C)CC)cc2)c2ccccc2-3)c1. The summed E-state index contributed by atoms with van der Waals surface area (Å²) in [5.41, 5.74) is 18.4. The number of hydrogen-bond donors (Lipinski definition) is 1. The van der Waals surface area contributed by atoms with Gasteiger partial charge in [-0.25, -0.2) is 0 Å². The third-order valence-corrected chi connectivity index (χ3v) is 20.4. The zero-order valence-electron chi connectivity index (χ0n) is 54.7. The van der Waals surface area contributed by atoms with Crippen LogP contribution in [0.5, 0.6) is 17.2 Å². The molecule has 4 nitrogen and oxygen atoms in total. The average molecular weight is 1190 g/mol. The highest BCUT2D eigenvalue weighted by Crippen LogP contribution is 2.60. The molecule has 6 atom stereocenters. The van der Waals surface area contributed by atoms with Gasteiger partial charge in [-0.1, -0.05) is 280 Å². The van der Waals surface area contributed by atoms with Crippen LogP contribution >= 0.6 is 0 Å². The standard InChI is InChI=1S/C85H89BO4/c1-10-56(5)22-25-61-26-30-63(31-27-61)83(64-32-41-70(42-33-64)88-53-57(6)11-2)78-20-16-14-18-74(78)76-47-38-67(50-80(76)83)85(87,82-52-69(86)40-49-73(82)62-28-23-60(9)24-29-62)68-39-48-77-75-19-15-17-21-79(75)84(81(77)51-68,65-34-43-71(44-35-65)89-54-58(7)12-3)66-36-45-72(46-37-66)90-55-59(8)13-4/h14-21,23-24,26-52,56-59,87H,10-13,22,25,53-55,86H2,1-9H3. The Balaban J connectivity index is 1.13. The highest BCUT2D eigenvalue weighted by Gasteiger charge is 2.50. The third-order valence-electron chi connectivity index (χ3n) is 20.4. The first-order valence-corrected chi connectivity index (χ1v) is 33.4. The number of ether oxygens (including phenoxy) is 3. The largest absolute Gasteiger partial charge is 0.493 e. The van der Waals surface area contributed by atoms with Gasteiger partial charge in [-0.2, -0.15) is 0 Å². The molecule has 0 saturated carbocycles. The van der Waals surface area contributed by atoms with Crippen LogP contribution in [0.25, 0.3) is 33.4 Å². The Morgan fingerprint density at radius 2 is 0.778 bits per heavy atom. The van der Waals surface area contributed by atoms with E-state index >= 15 is 5.11 Å². The van der Waals surface area contributed by atoms with Gasteiger partial charge in [0, 0.05) is 0 Å². The van der Waals surface area contributed by atoms with Crippen molar-refractivity contribution in [2.24, 2.45) is 23.7 Å². The van der Waals surface area contributed by atoms with Crippen LogP contribution in [0.1, 0.15) is 160 Å². The van der Waals surface area contributed by atoms with Gasteiger partial charge in [0.1, 0.15) is 30.7 Å². The van der Waals surface area contributed by atoms with Gasteiger partial charge in [-0.05, 0) is 180 Å². The number of aliphatic hydroxyl groups is 1. The molecule has 10 aromatic rings. The molecule has 0 aliphatic heterocycles. The van der Waals surface area contributed by atoms with Crippen LogP contribution in [-0.4, -0.2) is 32.8 Å². The highest BCUT2D eigenvalue weighted by molar-refractivity contribution is 6.32. The van der Waals surface area contributed by atoms with Crippen molar-refractivity contribution in [1.82, 2.24) is 0 Å². The molecule has 0 spiro atoms. The first-order chi connectivity index (χ1) is 43.7. The summed E-state index contributed by atoms with van der Waals surface area (Å²) in [5.74, 6) is 4.51. The van der Waals surface area contributed by atoms with Crippen molar-refractivity contribution in [3.8, 4) is 50.6 Å². The second kappa shape index (κ2) is 26.2. The normalized spacial score (nSPS) is 17.4. The minimum atomic E-state index is -1.73. The topological polar surface area (TPSA) is 47.9 Å². The molecule has 456 valence electrons. The van der Waals surface area contributed by atoms with Crippen molar-refractivity contribution in [2.75, 3.05) is 19.8 Å². The van der Waals surface area contributed by atoms with E-state index in [1.54, 1.807) is 0 Å². The maximum atomic E-state index is 15.4. The van der Waals surface area contributed by atoms with Gasteiger partial charge < -0.3 is 19.3 Å². The second-order valence-electron chi connectivity index (χ2n) is 26.5. The summed E-state index contributed by atoms with van der Waals surface area (Å²) in [5, 5.41) is 15.4. The summed E-state index contributed by atoms with van der Waals surface area (Å²) in [7, 11) is 2.15. The van der Waals surface area contributed by atoms with E-state index in [1.807, 2.05) is 0 Å². The summed E-state index contributed by atoms with van der Waals surface area (Å²) in [6.07, 6.45) is 6.48. The fourth-order valence-corrected chi connectivity index (χ4v) is 14.0. The van der Waals surface area contributed by atoms with E-state index in [-0.39, 0.29) is 0 Å². The fraction of sp³-hybridized carbons (Fsp3) is 0.294. The smallest absolute Gasteiger partial charge is 0.141 e. The summed E-state index contributed by atoms with van der Waals surface area (Å²) >= 11 is 0. The van der Waals surface area contributed by atoms with Gasteiger partial charge >= 0.3 is 0 Å². The van der Waals surface area contributed by atoms with Crippen molar-refractivity contribution in [3.05, 3.63) is 297 Å². The van der Waals surface area contributed by atoms with Crippen molar-refractivity contribution in [1.29, 1.82) is 0 Å². The predicted molar refractivity (Wildman–Crippen MR) is 377 cm³/mol. The molecule has 1 N–H and O–H groups in total. The van der Waals surface area contributed by atoms with Crippen LogP contribution in [-0.2, 0) is 22.9 Å². The van der Waals surface area contributed by atoms with Crippen LogP contribution in [0.15, 0.2) is 224 Å². The minimum absolute atomic E-state index is 0.432. The molecular formula is C85H89BO4. The highest BCUT2D eigenvalue weighted by atomic mass is 16.5. The lowest BCUT2D eigenvalue weighted by Gasteiger charge is -2.38. The predicted octanol–water partition coefficient (Wildman–Crippen LogP) is 19.2. The lowest BCUT2D eigenvalue weighted by molar-refractivity contribution is 0.126. The zero-order valence-corrected chi connectivity index (χ0v) is 54.7. The van der Waals surface area contributed by atoms with E-state index in [4.69, 9.17) is 14.2 Å². The Labute approximate surface area is 537 Å². The van der Waals surface area contributed by atoms with E-state index in [2.05, 4.69) is 295 Å². The minimum Gasteiger partial charge on any atom is -0.493 e. The van der Waals surface area contributed by atoms with E-state index in [1.165, 1.54) is 39.8 Å². The molecule has 0 aromatic heterocycles. The number of rotatable bonds is 24. The van der Waals surface area contributed by atoms with Gasteiger partial charge in [0.05, 0.1) is 30.7 Å². The Kier molecular flexibility index (Phi) is 18.0. The number of hydrogen-bond acceptors (Lipinski definition) is 4. The maximum absolute atomic E-state index is 15.4. The lowest BCUT2D eigenvalue weighted by Crippen LogP contribution is -2.34. The molecule has 2 aliphatic rings. The quantitative estimate of drug-likeness (QED) is 0.0484. The van der Waals surface area contributed by atoms with E-state index < -0.39 is 16.4 Å². The molecule has 10 aromatic carbocycles. The fourth-order valence-electron chi connectivity index (χ4n) is 14.0. The number of benzene rings is 10. The third kappa shape index (κ3) is 11.3. The zero-order chi connectivity index (χ0) is 62.7. The molecule has 0 amide bonds.